The van der Waals surface area contributed by atoms with E-state index in [-0.39, 0.29) is 0 Å². The van der Waals surface area contributed by atoms with Gasteiger partial charge in [0, 0.05) is 23.7 Å². The van der Waals surface area contributed by atoms with E-state index in [1.54, 1.807) is 7.11 Å². The van der Waals surface area contributed by atoms with Crippen molar-refractivity contribution in [2.24, 2.45) is 0 Å². The zero-order chi connectivity index (χ0) is 14.9. The second-order valence-electron chi connectivity index (χ2n) is 4.46. The summed E-state index contributed by atoms with van der Waals surface area (Å²) in [5.74, 6) is 7.67. The van der Waals surface area contributed by atoms with E-state index in [0.717, 1.165) is 29.2 Å². The van der Waals surface area contributed by atoms with E-state index >= 15 is 0 Å². The highest BCUT2D eigenvalue weighted by atomic mass is 16.5. The standard InChI is InChI=1S/C18H19NO2/c1-19-14-16-10-11-17(20-2)13-18(16)21-12-6-9-15-7-4-3-5-8-15/h3-5,7-8,10-11,13,19H,12,14H2,1-2H3. The summed E-state index contributed by atoms with van der Waals surface area (Å²) >= 11 is 0. The maximum atomic E-state index is 5.76. The Labute approximate surface area is 125 Å². The van der Waals surface area contributed by atoms with Gasteiger partial charge in [-0.3, -0.25) is 0 Å². The van der Waals surface area contributed by atoms with Crippen molar-refractivity contribution in [3.63, 3.8) is 0 Å². The van der Waals surface area contributed by atoms with E-state index in [0.29, 0.717) is 6.61 Å². The van der Waals surface area contributed by atoms with Crippen LogP contribution in [0.25, 0.3) is 0 Å². The van der Waals surface area contributed by atoms with Crippen LogP contribution in [-0.2, 0) is 6.54 Å². The van der Waals surface area contributed by atoms with Gasteiger partial charge in [0.1, 0.15) is 18.1 Å². The van der Waals surface area contributed by atoms with Crippen LogP contribution < -0.4 is 14.8 Å². The average molecular weight is 281 g/mol. The van der Waals surface area contributed by atoms with Gasteiger partial charge in [-0.15, -0.1) is 0 Å². The van der Waals surface area contributed by atoms with E-state index < -0.39 is 0 Å². The molecule has 108 valence electrons. The lowest BCUT2D eigenvalue weighted by Gasteiger charge is -2.11. The zero-order valence-electron chi connectivity index (χ0n) is 12.3. The highest BCUT2D eigenvalue weighted by Crippen LogP contribution is 2.24. The van der Waals surface area contributed by atoms with Gasteiger partial charge in [0.2, 0.25) is 0 Å². The summed E-state index contributed by atoms with van der Waals surface area (Å²) < 4.78 is 11.0. The number of rotatable bonds is 5. The Bertz CT molecular complexity index is 627. The van der Waals surface area contributed by atoms with E-state index in [9.17, 15) is 0 Å². The molecule has 0 aliphatic rings. The Kier molecular flexibility index (Phi) is 5.69. The monoisotopic (exact) mass is 281 g/mol. The third-order valence-corrected chi connectivity index (χ3v) is 2.95. The lowest BCUT2D eigenvalue weighted by atomic mass is 10.2. The lowest BCUT2D eigenvalue weighted by molar-refractivity contribution is 0.358. The molecular weight excluding hydrogens is 262 g/mol. The fourth-order valence-electron chi connectivity index (χ4n) is 1.91. The first-order valence-electron chi connectivity index (χ1n) is 6.81. The topological polar surface area (TPSA) is 30.5 Å². The zero-order valence-corrected chi connectivity index (χ0v) is 12.3. The predicted octanol–water partition coefficient (Wildman–Crippen LogP) is 2.85. The molecule has 0 unspecified atom stereocenters. The SMILES string of the molecule is CNCc1ccc(OC)cc1OCC#Cc1ccccc1. The van der Waals surface area contributed by atoms with Crippen LogP contribution in [0, 0.1) is 11.8 Å². The number of hydrogen-bond donors (Lipinski definition) is 1. The summed E-state index contributed by atoms with van der Waals surface area (Å²) in [7, 11) is 3.55. The maximum absolute atomic E-state index is 5.76. The molecule has 2 aromatic rings. The third-order valence-electron chi connectivity index (χ3n) is 2.95. The summed E-state index contributed by atoms with van der Waals surface area (Å²) in [4.78, 5) is 0. The quantitative estimate of drug-likeness (QED) is 0.855. The molecule has 1 N–H and O–H groups in total. The first-order chi connectivity index (χ1) is 10.3. The van der Waals surface area contributed by atoms with Crippen molar-refractivity contribution in [1.82, 2.24) is 5.32 Å². The van der Waals surface area contributed by atoms with Gasteiger partial charge in [-0.05, 0) is 25.2 Å². The number of methoxy groups -OCH3 is 1. The third kappa shape index (κ3) is 4.55. The first-order valence-corrected chi connectivity index (χ1v) is 6.81. The van der Waals surface area contributed by atoms with Gasteiger partial charge in [-0.25, -0.2) is 0 Å². The number of nitrogens with one attached hydrogen (secondary N) is 1. The number of benzene rings is 2. The molecule has 0 amide bonds. The lowest BCUT2D eigenvalue weighted by Crippen LogP contribution is -2.08. The van der Waals surface area contributed by atoms with Gasteiger partial charge in [0.05, 0.1) is 7.11 Å². The van der Waals surface area contributed by atoms with Gasteiger partial charge < -0.3 is 14.8 Å². The minimum absolute atomic E-state index is 0.346. The van der Waals surface area contributed by atoms with Crippen LogP contribution in [0.4, 0.5) is 0 Å². The van der Waals surface area contributed by atoms with Gasteiger partial charge in [-0.1, -0.05) is 36.1 Å². The molecule has 0 heterocycles. The largest absolute Gasteiger partial charge is 0.497 e. The molecular formula is C18H19NO2. The van der Waals surface area contributed by atoms with Crippen LogP contribution in [0.3, 0.4) is 0 Å². The van der Waals surface area contributed by atoms with E-state index in [1.807, 2.05) is 55.6 Å². The Morgan fingerprint density at radius 2 is 1.90 bits per heavy atom. The molecule has 0 aliphatic carbocycles. The molecule has 0 radical (unpaired) electrons. The molecule has 2 rings (SSSR count). The molecule has 21 heavy (non-hydrogen) atoms. The molecule has 0 saturated heterocycles. The van der Waals surface area contributed by atoms with Crippen LogP contribution >= 0.6 is 0 Å². The molecule has 3 nitrogen and oxygen atoms in total. The Balaban J connectivity index is 2.03. The first kappa shape index (κ1) is 15.0. The Morgan fingerprint density at radius 3 is 2.62 bits per heavy atom. The molecule has 0 saturated carbocycles. The van der Waals surface area contributed by atoms with E-state index in [1.165, 1.54) is 0 Å². The average Bonchev–Trinajstić information content (AvgIpc) is 2.54. The molecule has 0 aliphatic heterocycles. The van der Waals surface area contributed by atoms with Crippen molar-refractivity contribution in [2.45, 2.75) is 6.54 Å². The highest BCUT2D eigenvalue weighted by molar-refractivity contribution is 5.41. The summed E-state index contributed by atoms with van der Waals surface area (Å²) in [5, 5.41) is 3.12. The van der Waals surface area contributed by atoms with Crippen molar-refractivity contribution in [3.8, 4) is 23.3 Å². The van der Waals surface area contributed by atoms with Gasteiger partial charge >= 0.3 is 0 Å². The van der Waals surface area contributed by atoms with Crippen LogP contribution in [-0.4, -0.2) is 20.8 Å². The Hall–Kier alpha value is -2.44. The van der Waals surface area contributed by atoms with Crippen LogP contribution in [0.2, 0.25) is 0 Å². The molecule has 3 heteroatoms. The van der Waals surface area contributed by atoms with Crippen molar-refractivity contribution < 1.29 is 9.47 Å². The van der Waals surface area contributed by atoms with Crippen molar-refractivity contribution in [3.05, 3.63) is 59.7 Å². The normalized spacial score (nSPS) is 9.62. The maximum Gasteiger partial charge on any atom is 0.149 e. The summed E-state index contributed by atoms with van der Waals surface area (Å²) in [6.07, 6.45) is 0. The van der Waals surface area contributed by atoms with Crippen molar-refractivity contribution >= 4 is 0 Å². The Morgan fingerprint density at radius 1 is 1.10 bits per heavy atom. The highest BCUT2D eigenvalue weighted by Gasteiger charge is 2.04. The molecule has 0 fully saturated rings. The molecule has 2 aromatic carbocycles. The summed E-state index contributed by atoms with van der Waals surface area (Å²) in [5.41, 5.74) is 2.07. The minimum atomic E-state index is 0.346. The minimum Gasteiger partial charge on any atom is -0.497 e. The fraction of sp³-hybridized carbons (Fsp3) is 0.222. The van der Waals surface area contributed by atoms with Crippen LogP contribution in [0.15, 0.2) is 48.5 Å². The van der Waals surface area contributed by atoms with Crippen LogP contribution in [0.1, 0.15) is 11.1 Å². The molecule has 0 bridgehead atoms. The fourth-order valence-corrected chi connectivity index (χ4v) is 1.91. The van der Waals surface area contributed by atoms with Crippen molar-refractivity contribution in [2.75, 3.05) is 20.8 Å². The van der Waals surface area contributed by atoms with Gasteiger partial charge in [-0.2, -0.15) is 0 Å². The van der Waals surface area contributed by atoms with Crippen LogP contribution in [0.5, 0.6) is 11.5 Å². The van der Waals surface area contributed by atoms with E-state index in [2.05, 4.69) is 17.2 Å². The van der Waals surface area contributed by atoms with Crippen molar-refractivity contribution in [1.29, 1.82) is 0 Å². The second-order valence-corrected chi connectivity index (χ2v) is 4.46. The molecule has 0 atom stereocenters. The number of ether oxygens (including phenoxy) is 2. The predicted molar refractivity (Wildman–Crippen MR) is 84.6 cm³/mol. The molecule has 0 spiro atoms. The van der Waals surface area contributed by atoms with Gasteiger partial charge in [0.15, 0.2) is 0 Å². The molecule has 0 aromatic heterocycles. The summed E-state index contributed by atoms with van der Waals surface area (Å²) in [6.45, 7) is 1.09. The number of hydrogen-bond acceptors (Lipinski definition) is 3. The van der Waals surface area contributed by atoms with E-state index in [4.69, 9.17) is 9.47 Å². The smallest absolute Gasteiger partial charge is 0.149 e. The van der Waals surface area contributed by atoms with Gasteiger partial charge in [0.25, 0.3) is 0 Å². The summed E-state index contributed by atoms with van der Waals surface area (Å²) in [6, 6.07) is 15.7. The second kappa shape index (κ2) is 7.98.